The molecule has 4 atom stereocenters. The van der Waals surface area contributed by atoms with Gasteiger partial charge in [0.25, 0.3) is 0 Å². The molecule has 2 amide bonds. The number of rotatable bonds is 4. The Morgan fingerprint density at radius 1 is 0.929 bits per heavy atom. The van der Waals surface area contributed by atoms with Crippen LogP contribution in [0.3, 0.4) is 0 Å². The fraction of sp³-hybridized carbons (Fsp3) is 0.348. The number of carbonyl (C=O) groups is 3. The molecule has 3 aliphatic rings. The summed E-state index contributed by atoms with van der Waals surface area (Å²) < 4.78 is 5.45. The summed E-state index contributed by atoms with van der Waals surface area (Å²) in [6, 6.07) is 16.1. The molecule has 5 heteroatoms. The molecule has 2 aromatic carbocycles. The van der Waals surface area contributed by atoms with Crippen LogP contribution in [0.4, 0.5) is 5.69 Å². The number of anilines is 1. The normalized spacial score (nSPS) is 27.9. The van der Waals surface area contributed by atoms with Crippen LogP contribution in [-0.2, 0) is 20.8 Å². The van der Waals surface area contributed by atoms with Gasteiger partial charge in [-0.3, -0.25) is 14.4 Å². The number of esters is 1. The Balaban J connectivity index is 1.34. The maximum atomic E-state index is 13.0. The Bertz CT molecular complexity index is 926. The maximum absolute atomic E-state index is 13.0. The predicted molar refractivity (Wildman–Crippen MR) is 103 cm³/mol. The van der Waals surface area contributed by atoms with E-state index in [1.165, 1.54) is 4.90 Å². The smallest absolute Gasteiger partial charge is 0.315 e. The van der Waals surface area contributed by atoms with E-state index in [2.05, 4.69) is 0 Å². The molecular weight excluding hydrogens is 354 g/mol. The molecule has 2 bridgehead atoms. The van der Waals surface area contributed by atoms with Crippen LogP contribution < -0.4 is 9.64 Å². The van der Waals surface area contributed by atoms with Gasteiger partial charge in [0.1, 0.15) is 5.75 Å². The number of carbonyl (C=O) groups excluding carboxylic acids is 3. The molecule has 1 aliphatic heterocycles. The molecule has 0 spiro atoms. The van der Waals surface area contributed by atoms with Crippen LogP contribution in [0.25, 0.3) is 0 Å². The van der Waals surface area contributed by atoms with Gasteiger partial charge in [-0.2, -0.15) is 0 Å². The number of fused-ring (bicyclic) bond motifs is 5. The van der Waals surface area contributed by atoms with Gasteiger partial charge in [0, 0.05) is 6.07 Å². The SMILES string of the molecule is O=C(Cc1ccccc1)Oc1cccc(N2C(=O)[C@@H]3[C@H]4CC[C@@H](C4)[C@H]3C2=O)c1. The third kappa shape index (κ3) is 2.73. The molecule has 3 fully saturated rings. The first kappa shape index (κ1) is 17.2. The van der Waals surface area contributed by atoms with E-state index in [0.29, 0.717) is 23.3 Å². The van der Waals surface area contributed by atoms with Crippen molar-refractivity contribution in [1.29, 1.82) is 0 Å². The number of imide groups is 1. The highest BCUT2D eigenvalue weighted by Crippen LogP contribution is 2.56. The van der Waals surface area contributed by atoms with E-state index in [9.17, 15) is 14.4 Å². The molecule has 5 nitrogen and oxygen atoms in total. The zero-order valence-corrected chi connectivity index (χ0v) is 15.4. The number of hydrogen-bond acceptors (Lipinski definition) is 4. The van der Waals surface area contributed by atoms with Crippen LogP contribution >= 0.6 is 0 Å². The van der Waals surface area contributed by atoms with Gasteiger partial charge in [-0.15, -0.1) is 0 Å². The molecule has 0 unspecified atom stereocenters. The van der Waals surface area contributed by atoms with Crippen LogP contribution in [0.2, 0.25) is 0 Å². The van der Waals surface area contributed by atoms with E-state index in [4.69, 9.17) is 4.74 Å². The highest BCUT2D eigenvalue weighted by atomic mass is 16.5. The first-order valence-electron chi connectivity index (χ1n) is 9.84. The minimum Gasteiger partial charge on any atom is -0.426 e. The topological polar surface area (TPSA) is 63.7 Å². The minimum atomic E-state index is -0.377. The van der Waals surface area contributed by atoms with Gasteiger partial charge in [-0.05, 0) is 48.8 Å². The molecule has 2 aliphatic carbocycles. The minimum absolute atomic E-state index is 0.0880. The first-order chi connectivity index (χ1) is 13.6. The fourth-order valence-corrected chi connectivity index (χ4v) is 5.28. The van der Waals surface area contributed by atoms with Crippen molar-refractivity contribution in [2.24, 2.45) is 23.7 Å². The second-order valence-corrected chi connectivity index (χ2v) is 8.03. The van der Waals surface area contributed by atoms with Crippen LogP contribution in [-0.4, -0.2) is 17.8 Å². The van der Waals surface area contributed by atoms with Crippen molar-refractivity contribution in [3.8, 4) is 5.75 Å². The molecule has 0 aromatic heterocycles. The number of amides is 2. The van der Waals surface area contributed by atoms with E-state index in [0.717, 1.165) is 24.8 Å². The van der Waals surface area contributed by atoms with Crippen molar-refractivity contribution in [1.82, 2.24) is 0 Å². The largest absolute Gasteiger partial charge is 0.426 e. The highest BCUT2D eigenvalue weighted by molar-refractivity contribution is 6.22. The molecule has 2 saturated carbocycles. The van der Waals surface area contributed by atoms with E-state index in [-0.39, 0.29) is 36.0 Å². The van der Waals surface area contributed by atoms with Crippen molar-refractivity contribution in [2.75, 3.05) is 4.90 Å². The second kappa shape index (κ2) is 6.59. The molecule has 2 aromatic rings. The Kier molecular flexibility index (Phi) is 4.04. The average Bonchev–Trinajstić information content (AvgIpc) is 3.36. The third-order valence-electron chi connectivity index (χ3n) is 6.43. The van der Waals surface area contributed by atoms with E-state index >= 15 is 0 Å². The van der Waals surface area contributed by atoms with Crippen molar-refractivity contribution >= 4 is 23.5 Å². The monoisotopic (exact) mass is 375 g/mol. The van der Waals surface area contributed by atoms with Crippen LogP contribution in [0.15, 0.2) is 54.6 Å². The van der Waals surface area contributed by atoms with Crippen molar-refractivity contribution in [3.63, 3.8) is 0 Å². The standard InChI is InChI=1S/C23H21NO4/c25-19(11-14-5-2-1-3-6-14)28-18-8-4-7-17(13-18)24-22(26)20-15-9-10-16(12-15)21(20)23(24)27/h1-8,13,15-16,20-21H,9-12H2/t15-,16-,20+,21+/m0/s1. The Labute approximate surface area is 163 Å². The first-order valence-corrected chi connectivity index (χ1v) is 9.84. The van der Waals surface area contributed by atoms with Crippen molar-refractivity contribution in [3.05, 3.63) is 60.2 Å². The lowest BCUT2D eigenvalue weighted by Gasteiger charge is -2.19. The van der Waals surface area contributed by atoms with Crippen LogP contribution in [0.1, 0.15) is 24.8 Å². The number of nitrogens with zero attached hydrogens (tertiary/aromatic N) is 1. The van der Waals surface area contributed by atoms with Crippen molar-refractivity contribution < 1.29 is 19.1 Å². The molecule has 1 heterocycles. The predicted octanol–water partition coefficient (Wildman–Crippen LogP) is 3.37. The van der Waals surface area contributed by atoms with Crippen LogP contribution in [0, 0.1) is 23.7 Å². The number of ether oxygens (including phenoxy) is 1. The third-order valence-corrected chi connectivity index (χ3v) is 6.43. The highest BCUT2D eigenvalue weighted by Gasteiger charge is 2.61. The van der Waals surface area contributed by atoms with Crippen LogP contribution in [0.5, 0.6) is 5.75 Å². The lowest BCUT2D eigenvalue weighted by molar-refractivity contribution is -0.133. The fourth-order valence-electron chi connectivity index (χ4n) is 5.28. The maximum Gasteiger partial charge on any atom is 0.315 e. The summed E-state index contributed by atoms with van der Waals surface area (Å²) in [6.45, 7) is 0. The number of hydrogen-bond donors (Lipinski definition) is 0. The molecule has 5 rings (SSSR count). The lowest BCUT2D eigenvalue weighted by atomic mass is 9.81. The summed E-state index contributed by atoms with van der Waals surface area (Å²) in [7, 11) is 0. The van der Waals surface area contributed by atoms with Gasteiger partial charge in [0.2, 0.25) is 11.8 Å². The zero-order chi connectivity index (χ0) is 19.3. The second-order valence-electron chi connectivity index (χ2n) is 8.03. The molecule has 0 N–H and O–H groups in total. The van der Waals surface area contributed by atoms with E-state index in [1.54, 1.807) is 24.3 Å². The van der Waals surface area contributed by atoms with Crippen molar-refractivity contribution in [2.45, 2.75) is 25.7 Å². The molecule has 28 heavy (non-hydrogen) atoms. The summed E-state index contributed by atoms with van der Waals surface area (Å²) in [5, 5.41) is 0. The quantitative estimate of drug-likeness (QED) is 0.467. The zero-order valence-electron chi connectivity index (χ0n) is 15.4. The molecular formula is C23H21NO4. The lowest BCUT2D eigenvalue weighted by Crippen LogP contribution is -2.32. The molecule has 142 valence electrons. The van der Waals surface area contributed by atoms with Gasteiger partial charge < -0.3 is 4.74 Å². The Morgan fingerprint density at radius 2 is 1.61 bits per heavy atom. The Morgan fingerprint density at radius 3 is 2.29 bits per heavy atom. The summed E-state index contributed by atoms with van der Waals surface area (Å²) in [4.78, 5) is 39.5. The number of benzene rings is 2. The summed E-state index contributed by atoms with van der Waals surface area (Å²) in [5.41, 5.74) is 1.37. The average molecular weight is 375 g/mol. The molecule has 1 saturated heterocycles. The summed E-state index contributed by atoms with van der Waals surface area (Å²) in [6.07, 6.45) is 3.28. The van der Waals surface area contributed by atoms with Gasteiger partial charge >= 0.3 is 5.97 Å². The van der Waals surface area contributed by atoms with Gasteiger partial charge in [0.15, 0.2) is 0 Å². The van der Waals surface area contributed by atoms with Gasteiger partial charge in [0.05, 0.1) is 23.9 Å². The van der Waals surface area contributed by atoms with E-state index < -0.39 is 0 Å². The van der Waals surface area contributed by atoms with Gasteiger partial charge in [-0.1, -0.05) is 36.4 Å². The molecule has 0 radical (unpaired) electrons. The van der Waals surface area contributed by atoms with E-state index in [1.807, 2.05) is 30.3 Å². The summed E-state index contributed by atoms with van der Waals surface area (Å²) in [5.74, 6) is 0.180. The Hall–Kier alpha value is -2.95. The van der Waals surface area contributed by atoms with Gasteiger partial charge in [-0.25, -0.2) is 4.90 Å². The summed E-state index contributed by atoms with van der Waals surface area (Å²) >= 11 is 0.